The summed E-state index contributed by atoms with van der Waals surface area (Å²) in [6, 6.07) is 0. The molecule has 1 amide bonds. The van der Waals surface area contributed by atoms with Crippen LogP contribution in [0.3, 0.4) is 0 Å². The molecule has 0 spiro atoms. The Labute approximate surface area is 142 Å². The fourth-order valence-corrected chi connectivity index (χ4v) is 3.25. The second-order valence-electron chi connectivity index (χ2n) is 7.69. The van der Waals surface area contributed by atoms with Crippen molar-refractivity contribution in [1.82, 2.24) is 24.6 Å². The van der Waals surface area contributed by atoms with Crippen molar-refractivity contribution in [2.75, 3.05) is 19.6 Å². The van der Waals surface area contributed by atoms with Crippen LogP contribution in [0.5, 0.6) is 0 Å². The number of nitrogens with two attached hydrogens (primary N) is 1. The maximum absolute atomic E-state index is 12.5. The Morgan fingerprint density at radius 2 is 2.08 bits per heavy atom. The number of aromatic nitrogens is 4. The van der Waals surface area contributed by atoms with Crippen molar-refractivity contribution in [3.8, 4) is 0 Å². The molecule has 7 nitrogen and oxygen atoms in total. The van der Waals surface area contributed by atoms with E-state index in [0.29, 0.717) is 26.1 Å². The lowest BCUT2D eigenvalue weighted by Crippen LogP contribution is -2.31. The van der Waals surface area contributed by atoms with Crippen molar-refractivity contribution >= 4 is 17.1 Å². The number of carbonyl (C=O) groups is 1. The van der Waals surface area contributed by atoms with Crippen LogP contribution < -0.4 is 5.73 Å². The van der Waals surface area contributed by atoms with Gasteiger partial charge in [-0.25, -0.2) is 14.6 Å². The van der Waals surface area contributed by atoms with E-state index in [2.05, 4.69) is 30.7 Å². The molecule has 1 unspecified atom stereocenters. The molecule has 24 heavy (non-hydrogen) atoms. The quantitative estimate of drug-likeness (QED) is 0.918. The Balaban J connectivity index is 1.81. The average molecular weight is 330 g/mol. The van der Waals surface area contributed by atoms with Gasteiger partial charge in [0.05, 0.1) is 12.2 Å². The molecule has 2 aromatic heterocycles. The molecule has 0 aromatic carbocycles. The highest BCUT2D eigenvalue weighted by atomic mass is 16.2. The Hall–Kier alpha value is -2.02. The van der Waals surface area contributed by atoms with E-state index in [1.165, 1.54) is 0 Å². The molecule has 0 aliphatic carbocycles. The Bertz CT molecular complexity index is 732. The Morgan fingerprint density at radius 3 is 2.79 bits per heavy atom. The fourth-order valence-electron chi connectivity index (χ4n) is 3.25. The third kappa shape index (κ3) is 3.40. The molecule has 3 rings (SSSR count). The van der Waals surface area contributed by atoms with E-state index in [1.807, 2.05) is 9.58 Å². The van der Waals surface area contributed by atoms with Crippen molar-refractivity contribution in [3.63, 3.8) is 0 Å². The third-order valence-electron chi connectivity index (χ3n) is 4.34. The second-order valence-corrected chi connectivity index (χ2v) is 7.69. The van der Waals surface area contributed by atoms with E-state index in [-0.39, 0.29) is 17.2 Å². The van der Waals surface area contributed by atoms with E-state index in [9.17, 15) is 4.79 Å². The maximum atomic E-state index is 12.5. The van der Waals surface area contributed by atoms with E-state index in [4.69, 9.17) is 10.8 Å². The number of amides is 1. The smallest absolute Gasteiger partial charge is 0.223 e. The predicted molar refractivity (Wildman–Crippen MR) is 92.4 cm³/mol. The third-order valence-corrected chi connectivity index (χ3v) is 4.34. The van der Waals surface area contributed by atoms with Crippen LogP contribution in [-0.2, 0) is 11.3 Å². The van der Waals surface area contributed by atoms with Crippen LogP contribution in [0.1, 0.15) is 45.2 Å². The summed E-state index contributed by atoms with van der Waals surface area (Å²) in [4.78, 5) is 23.3. The summed E-state index contributed by atoms with van der Waals surface area (Å²) in [5.41, 5.74) is 8.23. The van der Waals surface area contributed by atoms with E-state index >= 15 is 0 Å². The number of carbonyl (C=O) groups excluding carboxylic acids is 1. The van der Waals surface area contributed by atoms with Gasteiger partial charge in [-0.2, -0.15) is 5.10 Å². The van der Waals surface area contributed by atoms with Crippen LogP contribution in [0.2, 0.25) is 0 Å². The first-order chi connectivity index (χ1) is 11.4. The van der Waals surface area contributed by atoms with Crippen molar-refractivity contribution in [2.24, 2.45) is 11.1 Å². The van der Waals surface area contributed by atoms with E-state index in [1.54, 1.807) is 12.4 Å². The molecule has 0 bridgehead atoms. The van der Waals surface area contributed by atoms with E-state index in [0.717, 1.165) is 29.8 Å². The standard InChI is InChI=1S/C17H26N6O/c1-17(2,3)10-13(24)22-8-4-12(11-22)14-15-16(20-7-6-19-15)23(21-14)9-5-18/h6-7,12H,4-5,8-11,18H2,1-3H3. The first-order valence-corrected chi connectivity index (χ1v) is 8.54. The SMILES string of the molecule is CC(C)(C)CC(=O)N1CCC(c2nn(CCN)c3nccnc23)C1. The summed E-state index contributed by atoms with van der Waals surface area (Å²) in [6.07, 6.45) is 4.86. The number of likely N-dealkylation sites (tertiary alicyclic amines) is 1. The van der Waals surface area contributed by atoms with Gasteiger partial charge in [0.1, 0.15) is 5.52 Å². The Morgan fingerprint density at radius 1 is 1.33 bits per heavy atom. The van der Waals surface area contributed by atoms with Crippen LogP contribution in [0.15, 0.2) is 12.4 Å². The number of hydrogen-bond donors (Lipinski definition) is 1. The minimum Gasteiger partial charge on any atom is -0.342 e. The van der Waals surface area contributed by atoms with Crippen LogP contribution in [-0.4, -0.2) is 50.2 Å². The molecule has 0 radical (unpaired) electrons. The van der Waals surface area contributed by atoms with Crippen molar-refractivity contribution in [1.29, 1.82) is 0 Å². The lowest BCUT2D eigenvalue weighted by molar-refractivity contribution is -0.132. The van der Waals surface area contributed by atoms with Gasteiger partial charge < -0.3 is 10.6 Å². The van der Waals surface area contributed by atoms with Crippen molar-refractivity contribution < 1.29 is 4.79 Å². The van der Waals surface area contributed by atoms with Gasteiger partial charge in [0.15, 0.2) is 5.65 Å². The molecule has 0 saturated carbocycles. The molecular formula is C17H26N6O. The molecular weight excluding hydrogens is 304 g/mol. The summed E-state index contributed by atoms with van der Waals surface area (Å²) in [6.45, 7) is 8.90. The number of rotatable bonds is 4. The zero-order chi connectivity index (χ0) is 17.3. The number of fused-ring (bicyclic) bond motifs is 1. The highest BCUT2D eigenvalue weighted by Gasteiger charge is 2.32. The molecule has 2 aromatic rings. The van der Waals surface area contributed by atoms with Crippen LogP contribution in [0.25, 0.3) is 11.2 Å². The summed E-state index contributed by atoms with van der Waals surface area (Å²) in [5.74, 6) is 0.439. The molecule has 1 aliphatic rings. The summed E-state index contributed by atoms with van der Waals surface area (Å²) in [7, 11) is 0. The van der Waals surface area contributed by atoms with Crippen molar-refractivity contribution in [3.05, 3.63) is 18.1 Å². The van der Waals surface area contributed by atoms with Gasteiger partial charge in [-0.05, 0) is 11.8 Å². The minimum atomic E-state index is 0.00997. The van der Waals surface area contributed by atoms with Gasteiger partial charge in [-0.1, -0.05) is 20.8 Å². The zero-order valence-electron chi connectivity index (χ0n) is 14.7. The highest BCUT2D eigenvalue weighted by Crippen LogP contribution is 2.31. The monoisotopic (exact) mass is 330 g/mol. The molecule has 1 fully saturated rings. The van der Waals surface area contributed by atoms with Crippen LogP contribution >= 0.6 is 0 Å². The number of hydrogen-bond acceptors (Lipinski definition) is 5. The topological polar surface area (TPSA) is 89.9 Å². The molecule has 7 heteroatoms. The summed E-state index contributed by atoms with van der Waals surface area (Å²) >= 11 is 0. The second kappa shape index (κ2) is 6.47. The van der Waals surface area contributed by atoms with Gasteiger partial charge in [-0.15, -0.1) is 0 Å². The first-order valence-electron chi connectivity index (χ1n) is 8.54. The average Bonchev–Trinajstić information content (AvgIpc) is 3.11. The lowest BCUT2D eigenvalue weighted by Gasteiger charge is -2.22. The molecule has 130 valence electrons. The van der Waals surface area contributed by atoms with Gasteiger partial charge in [0.2, 0.25) is 5.91 Å². The first kappa shape index (κ1) is 16.8. The largest absolute Gasteiger partial charge is 0.342 e. The molecule has 3 heterocycles. The van der Waals surface area contributed by atoms with Crippen LogP contribution in [0.4, 0.5) is 0 Å². The summed E-state index contributed by atoms with van der Waals surface area (Å²) in [5, 5.41) is 4.70. The van der Waals surface area contributed by atoms with Gasteiger partial charge in [0.25, 0.3) is 0 Å². The van der Waals surface area contributed by atoms with E-state index < -0.39 is 0 Å². The normalized spacial score (nSPS) is 18.5. The minimum absolute atomic E-state index is 0.00997. The van der Waals surface area contributed by atoms with Crippen molar-refractivity contribution in [2.45, 2.75) is 46.1 Å². The number of nitrogens with zero attached hydrogens (tertiary/aromatic N) is 5. The molecule has 1 atom stereocenters. The molecule has 1 saturated heterocycles. The van der Waals surface area contributed by atoms with Gasteiger partial charge in [-0.3, -0.25) is 4.79 Å². The Kier molecular flexibility index (Phi) is 4.54. The summed E-state index contributed by atoms with van der Waals surface area (Å²) < 4.78 is 1.83. The van der Waals surface area contributed by atoms with Gasteiger partial charge in [0, 0.05) is 44.4 Å². The highest BCUT2D eigenvalue weighted by molar-refractivity contribution is 5.78. The maximum Gasteiger partial charge on any atom is 0.223 e. The molecule has 1 aliphatic heterocycles. The fraction of sp³-hybridized carbons (Fsp3) is 0.647. The van der Waals surface area contributed by atoms with Gasteiger partial charge >= 0.3 is 0 Å². The zero-order valence-corrected chi connectivity index (χ0v) is 14.7. The molecule has 2 N–H and O–H groups in total. The van der Waals surface area contributed by atoms with Crippen LogP contribution in [0, 0.1) is 5.41 Å². The predicted octanol–water partition coefficient (Wildman–Crippen LogP) is 1.54. The lowest BCUT2D eigenvalue weighted by atomic mass is 9.91.